The van der Waals surface area contributed by atoms with Gasteiger partial charge in [0.15, 0.2) is 0 Å². The summed E-state index contributed by atoms with van der Waals surface area (Å²) in [5.41, 5.74) is 0.267. The first-order valence-electron chi connectivity index (χ1n) is 8.01. The molecule has 1 N–H and O–H groups in total. The number of amides is 1. The molecule has 1 unspecified atom stereocenters. The number of nitrogens with zero attached hydrogens (tertiary/aromatic N) is 1. The number of likely N-dealkylation sites (tertiary alicyclic amines) is 1. The lowest BCUT2D eigenvalue weighted by molar-refractivity contribution is -0.135. The molecule has 0 spiro atoms. The lowest BCUT2D eigenvalue weighted by Crippen LogP contribution is -2.48. The van der Waals surface area contributed by atoms with Gasteiger partial charge in [-0.2, -0.15) is 0 Å². The minimum absolute atomic E-state index is 0.0146. The Hall–Kier alpha value is -0.570. The molecule has 3 heteroatoms. The van der Waals surface area contributed by atoms with Gasteiger partial charge in [-0.25, -0.2) is 0 Å². The van der Waals surface area contributed by atoms with E-state index < -0.39 is 0 Å². The van der Waals surface area contributed by atoms with Crippen LogP contribution in [0.15, 0.2) is 0 Å². The van der Waals surface area contributed by atoms with Crippen molar-refractivity contribution in [1.82, 2.24) is 10.2 Å². The molecule has 0 radical (unpaired) electrons. The number of carbonyl (C=O) groups excluding carboxylic acids is 1. The third-order valence-corrected chi connectivity index (χ3v) is 4.98. The largest absolute Gasteiger partial charge is 0.338 e. The molecular weight excluding hydrogens is 236 g/mol. The van der Waals surface area contributed by atoms with Gasteiger partial charge >= 0.3 is 0 Å². The number of rotatable bonds is 2. The summed E-state index contributed by atoms with van der Waals surface area (Å²) < 4.78 is 0. The maximum Gasteiger partial charge on any atom is 0.239 e. The molecule has 2 fully saturated rings. The van der Waals surface area contributed by atoms with Crippen molar-refractivity contribution >= 4 is 5.91 Å². The lowest BCUT2D eigenvalue weighted by atomic mass is 9.83. The molecule has 0 aromatic carbocycles. The fraction of sp³-hybridized carbons (Fsp3) is 0.938. The molecule has 1 saturated carbocycles. The van der Waals surface area contributed by atoms with Crippen molar-refractivity contribution in [3.8, 4) is 0 Å². The maximum atomic E-state index is 12.7. The molecule has 1 aliphatic heterocycles. The van der Waals surface area contributed by atoms with Crippen LogP contribution in [0, 0.1) is 5.41 Å². The van der Waals surface area contributed by atoms with Gasteiger partial charge in [-0.1, -0.05) is 39.5 Å². The predicted octanol–water partition coefficient (Wildman–Crippen LogP) is 2.95. The maximum absolute atomic E-state index is 12.7. The van der Waals surface area contributed by atoms with Crippen molar-refractivity contribution < 1.29 is 4.79 Å². The zero-order valence-corrected chi connectivity index (χ0v) is 12.9. The van der Waals surface area contributed by atoms with Gasteiger partial charge in [0, 0.05) is 12.6 Å². The minimum atomic E-state index is 0.0146. The van der Waals surface area contributed by atoms with Crippen molar-refractivity contribution in [2.75, 3.05) is 13.6 Å². The summed E-state index contributed by atoms with van der Waals surface area (Å²) in [6.07, 6.45) is 9.80. The zero-order valence-electron chi connectivity index (χ0n) is 12.9. The summed E-state index contributed by atoms with van der Waals surface area (Å²) in [6, 6.07) is 0.514. The van der Waals surface area contributed by atoms with Crippen LogP contribution in [0.3, 0.4) is 0 Å². The Morgan fingerprint density at radius 2 is 1.79 bits per heavy atom. The summed E-state index contributed by atoms with van der Waals surface area (Å²) in [5, 5.41) is 3.24. The van der Waals surface area contributed by atoms with Crippen molar-refractivity contribution in [2.45, 2.75) is 77.3 Å². The standard InChI is InChI=1S/C16H30N2O/c1-16(2)10-11-18(15(19)14(12-16)17-3)13-8-6-4-5-7-9-13/h13-14,17H,4-12H2,1-3H3. The predicted molar refractivity (Wildman–Crippen MR) is 79.1 cm³/mol. The second-order valence-electron chi connectivity index (χ2n) is 7.14. The molecule has 1 amide bonds. The fourth-order valence-corrected chi connectivity index (χ4v) is 3.63. The Balaban J connectivity index is 2.11. The zero-order chi connectivity index (χ0) is 13.9. The molecule has 0 bridgehead atoms. The normalized spacial score (nSPS) is 29.9. The molecule has 0 aromatic heterocycles. The van der Waals surface area contributed by atoms with Crippen LogP contribution in [-0.4, -0.2) is 36.5 Å². The minimum Gasteiger partial charge on any atom is -0.338 e. The van der Waals surface area contributed by atoms with Gasteiger partial charge < -0.3 is 10.2 Å². The summed E-state index contributed by atoms with van der Waals surface area (Å²) in [4.78, 5) is 14.9. The van der Waals surface area contributed by atoms with Gasteiger partial charge in [-0.15, -0.1) is 0 Å². The average molecular weight is 266 g/mol. The Labute approximate surface area is 118 Å². The average Bonchev–Trinajstić information content (AvgIpc) is 2.69. The Morgan fingerprint density at radius 3 is 2.37 bits per heavy atom. The monoisotopic (exact) mass is 266 g/mol. The highest BCUT2D eigenvalue weighted by Crippen LogP contribution is 2.33. The Morgan fingerprint density at radius 1 is 1.16 bits per heavy atom. The van der Waals surface area contributed by atoms with Crippen LogP contribution in [0.5, 0.6) is 0 Å². The van der Waals surface area contributed by atoms with E-state index in [0.717, 1.165) is 19.4 Å². The molecule has 19 heavy (non-hydrogen) atoms. The van der Waals surface area contributed by atoms with Gasteiger partial charge in [0.2, 0.25) is 5.91 Å². The summed E-state index contributed by atoms with van der Waals surface area (Å²) in [5.74, 6) is 0.347. The second kappa shape index (κ2) is 6.25. The molecular formula is C16H30N2O. The topological polar surface area (TPSA) is 32.3 Å². The van der Waals surface area contributed by atoms with E-state index in [1.807, 2.05) is 7.05 Å². The molecule has 1 heterocycles. The van der Waals surface area contributed by atoms with Gasteiger partial charge in [-0.3, -0.25) is 4.79 Å². The molecule has 1 atom stereocenters. The van der Waals surface area contributed by atoms with Crippen LogP contribution in [-0.2, 0) is 4.79 Å². The van der Waals surface area contributed by atoms with Gasteiger partial charge in [0.1, 0.15) is 0 Å². The molecule has 3 nitrogen and oxygen atoms in total. The van der Waals surface area contributed by atoms with E-state index in [1.54, 1.807) is 0 Å². The van der Waals surface area contributed by atoms with Crippen LogP contribution in [0.4, 0.5) is 0 Å². The number of hydrogen-bond acceptors (Lipinski definition) is 2. The number of carbonyl (C=O) groups is 1. The Bertz CT molecular complexity index is 306. The third kappa shape index (κ3) is 3.71. The summed E-state index contributed by atoms with van der Waals surface area (Å²) in [7, 11) is 1.93. The number of hydrogen-bond donors (Lipinski definition) is 1. The third-order valence-electron chi connectivity index (χ3n) is 4.98. The number of nitrogens with one attached hydrogen (secondary N) is 1. The van der Waals surface area contributed by atoms with Gasteiger partial charge in [-0.05, 0) is 38.1 Å². The van der Waals surface area contributed by atoms with Crippen LogP contribution in [0.1, 0.15) is 65.2 Å². The van der Waals surface area contributed by atoms with Gasteiger partial charge in [0.25, 0.3) is 0 Å². The van der Waals surface area contributed by atoms with Crippen LogP contribution in [0.25, 0.3) is 0 Å². The lowest BCUT2D eigenvalue weighted by Gasteiger charge is -2.32. The highest BCUT2D eigenvalue weighted by atomic mass is 16.2. The summed E-state index contributed by atoms with van der Waals surface area (Å²) in [6.45, 7) is 5.54. The molecule has 1 saturated heterocycles. The quantitative estimate of drug-likeness (QED) is 0.779. The van der Waals surface area contributed by atoms with Crippen molar-refractivity contribution in [1.29, 1.82) is 0 Å². The first-order valence-corrected chi connectivity index (χ1v) is 8.01. The molecule has 0 aromatic rings. The highest BCUT2D eigenvalue weighted by Gasteiger charge is 2.37. The number of likely N-dealkylation sites (N-methyl/N-ethyl adjacent to an activating group) is 1. The second-order valence-corrected chi connectivity index (χ2v) is 7.14. The van der Waals surface area contributed by atoms with Crippen LogP contribution >= 0.6 is 0 Å². The fourth-order valence-electron chi connectivity index (χ4n) is 3.63. The first-order chi connectivity index (χ1) is 9.03. The van der Waals surface area contributed by atoms with Crippen molar-refractivity contribution in [3.05, 3.63) is 0 Å². The SMILES string of the molecule is CNC1CC(C)(C)CCN(C2CCCCCC2)C1=O. The molecule has 2 rings (SSSR count). The molecule has 1 aliphatic carbocycles. The van der Waals surface area contributed by atoms with E-state index in [1.165, 1.54) is 38.5 Å². The smallest absolute Gasteiger partial charge is 0.239 e. The van der Waals surface area contributed by atoms with Crippen molar-refractivity contribution in [2.24, 2.45) is 5.41 Å². The van der Waals surface area contributed by atoms with E-state index in [0.29, 0.717) is 11.9 Å². The summed E-state index contributed by atoms with van der Waals surface area (Å²) >= 11 is 0. The van der Waals surface area contributed by atoms with E-state index >= 15 is 0 Å². The molecule has 2 aliphatic rings. The van der Waals surface area contributed by atoms with Crippen LogP contribution < -0.4 is 5.32 Å². The first kappa shape index (κ1) is 14.8. The highest BCUT2D eigenvalue weighted by molar-refractivity contribution is 5.82. The Kier molecular flexibility index (Phi) is 4.88. The van der Waals surface area contributed by atoms with E-state index in [9.17, 15) is 4.79 Å². The van der Waals surface area contributed by atoms with E-state index in [2.05, 4.69) is 24.1 Å². The van der Waals surface area contributed by atoms with E-state index in [-0.39, 0.29) is 11.5 Å². The van der Waals surface area contributed by atoms with Gasteiger partial charge in [0.05, 0.1) is 6.04 Å². The van der Waals surface area contributed by atoms with Crippen molar-refractivity contribution in [3.63, 3.8) is 0 Å². The van der Waals surface area contributed by atoms with Crippen LogP contribution in [0.2, 0.25) is 0 Å². The molecule has 110 valence electrons. The van der Waals surface area contributed by atoms with E-state index in [4.69, 9.17) is 0 Å².